The number of aromatic amines is 1. The van der Waals surface area contributed by atoms with Crippen molar-refractivity contribution in [1.29, 1.82) is 0 Å². The molecule has 1 saturated carbocycles. The predicted molar refractivity (Wildman–Crippen MR) is 87.0 cm³/mol. The van der Waals surface area contributed by atoms with Crippen molar-refractivity contribution in [1.82, 2.24) is 15.5 Å². The Morgan fingerprint density at radius 3 is 2.57 bits per heavy atom. The summed E-state index contributed by atoms with van der Waals surface area (Å²) in [4.78, 5) is 24.7. The van der Waals surface area contributed by atoms with Crippen LogP contribution in [0.15, 0.2) is 0 Å². The summed E-state index contributed by atoms with van der Waals surface area (Å²) < 4.78 is 4.92. The summed E-state index contributed by atoms with van der Waals surface area (Å²) in [6.45, 7) is 5.69. The molecule has 1 amide bonds. The first kappa shape index (κ1) is 17.5. The number of methoxy groups -OCH3 is 1. The molecular formula is C17H27N3O3. The van der Waals surface area contributed by atoms with Gasteiger partial charge in [0.2, 0.25) is 5.91 Å². The van der Waals surface area contributed by atoms with Crippen LogP contribution in [0.1, 0.15) is 61.9 Å². The van der Waals surface area contributed by atoms with Gasteiger partial charge in [0.1, 0.15) is 0 Å². The zero-order valence-corrected chi connectivity index (χ0v) is 14.4. The zero-order valence-electron chi connectivity index (χ0n) is 14.4. The molecule has 0 saturated heterocycles. The smallest absolute Gasteiger partial charge is 0.310 e. The van der Waals surface area contributed by atoms with Gasteiger partial charge < -0.3 is 10.1 Å². The van der Waals surface area contributed by atoms with E-state index in [2.05, 4.69) is 15.5 Å². The number of hydrogen-bond acceptors (Lipinski definition) is 4. The van der Waals surface area contributed by atoms with Crippen molar-refractivity contribution in [3.05, 3.63) is 17.0 Å². The lowest BCUT2D eigenvalue weighted by atomic mass is 9.92. The third-order valence-electron chi connectivity index (χ3n) is 4.86. The number of amides is 1. The molecule has 0 spiro atoms. The van der Waals surface area contributed by atoms with Gasteiger partial charge in [-0.05, 0) is 33.6 Å². The van der Waals surface area contributed by atoms with Crippen molar-refractivity contribution >= 4 is 11.9 Å². The van der Waals surface area contributed by atoms with Crippen molar-refractivity contribution in [2.75, 3.05) is 7.11 Å². The topological polar surface area (TPSA) is 84.1 Å². The second-order valence-electron chi connectivity index (χ2n) is 6.45. The van der Waals surface area contributed by atoms with Crippen LogP contribution in [0.3, 0.4) is 0 Å². The molecule has 2 N–H and O–H groups in total. The Labute approximate surface area is 137 Å². The molecule has 0 unspecified atom stereocenters. The fraction of sp³-hybridized carbons (Fsp3) is 0.706. The van der Waals surface area contributed by atoms with Crippen molar-refractivity contribution in [2.45, 2.75) is 64.8 Å². The molecule has 1 fully saturated rings. The van der Waals surface area contributed by atoms with Crippen molar-refractivity contribution in [3.8, 4) is 0 Å². The largest absolute Gasteiger partial charge is 0.469 e. The first-order valence-corrected chi connectivity index (χ1v) is 8.35. The van der Waals surface area contributed by atoms with Gasteiger partial charge >= 0.3 is 5.97 Å². The molecule has 128 valence electrons. The highest BCUT2D eigenvalue weighted by atomic mass is 16.5. The summed E-state index contributed by atoms with van der Waals surface area (Å²) in [5.74, 6) is -0.820. The summed E-state index contributed by atoms with van der Waals surface area (Å²) in [7, 11) is 1.41. The quantitative estimate of drug-likeness (QED) is 0.658. The van der Waals surface area contributed by atoms with Gasteiger partial charge in [-0.1, -0.05) is 19.3 Å². The fourth-order valence-corrected chi connectivity index (χ4v) is 3.55. The number of H-pyrrole nitrogens is 1. The second-order valence-corrected chi connectivity index (χ2v) is 6.45. The number of hydrogen-bond donors (Lipinski definition) is 2. The van der Waals surface area contributed by atoms with E-state index in [-0.39, 0.29) is 29.8 Å². The normalized spacial score (nSPS) is 23.0. The number of nitrogens with one attached hydrogen (secondary N) is 2. The van der Waals surface area contributed by atoms with Gasteiger partial charge in [-0.2, -0.15) is 5.10 Å². The molecular weight excluding hydrogens is 294 g/mol. The maximum Gasteiger partial charge on any atom is 0.310 e. The summed E-state index contributed by atoms with van der Waals surface area (Å²) in [6.07, 6.45) is 4.71. The molecule has 2 rings (SSSR count). The van der Waals surface area contributed by atoms with Gasteiger partial charge in [0, 0.05) is 17.3 Å². The third kappa shape index (κ3) is 3.92. The zero-order chi connectivity index (χ0) is 17.0. The highest BCUT2D eigenvalue weighted by Crippen LogP contribution is 2.27. The molecule has 1 heterocycles. The second kappa shape index (κ2) is 7.62. The number of aromatic nitrogens is 2. The molecule has 1 aliphatic carbocycles. The molecule has 0 radical (unpaired) electrons. The minimum Gasteiger partial charge on any atom is -0.469 e. The Bertz CT molecular complexity index is 548. The lowest BCUT2D eigenvalue weighted by Crippen LogP contribution is -2.44. The van der Waals surface area contributed by atoms with Gasteiger partial charge in [0.15, 0.2) is 0 Å². The van der Waals surface area contributed by atoms with Crippen LogP contribution >= 0.6 is 0 Å². The number of rotatable bonds is 4. The van der Waals surface area contributed by atoms with Crippen molar-refractivity contribution in [3.63, 3.8) is 0 Å². The van der Waals surface area contributed by atoms with Gasteiger partial charge in [-0.3, -0.25) is 14.7 Å². The van der Waals surface area contributed by atoms with Crippen LogP contribution in [0.25, 0.3) is 0 Å². The molecule has 0 aliphatic heterocycles. The molecule has 0 aromatic carbocycles. The van der Waals surface area contributed by atoms with E-state index in [0.29, 0.717) is 0 Å². The molecule has 6 heteroatoms. The minimum absolute atomic E-state index is 0.0570. The van der Waals surface area contributed by atoms with E-state index in [9.17, 15) is 9.59 Å². The average molecular weight is 321 g/mol. The van der Waals surface area contributed by atoms with Crippen LogP contribution in [0, 0.1) is 19.8 Å². The predicted octanol–water partition coefficient (Wildman–Crippen LogP) is 2.37. The summed E-state index contributed by atoms with van der Waals surface area (Å²) in [5.41, 5.74) is 2.69. The van der Waals surface area contributed by atoms with Gasteiger partial charge in [0.25, 0.3) is 0 Å². The number of nitrogens with zero attached hydrogens (tertiary/aromatic N) is 1. The van der Waals surface area contributed by atoms with Gasteiger partial charge in [-0.15, -0.1) is 0 Å². The van der Waals surface area contributed by atoms with E-state index in [1.54, 1.807) is 0 Å². The SMILES string of the molecule is COC(=O)[C@@H]1CCCCC[C@@H]1NC(=O)[C@@H](C)c1c(C)n[nH]c1C. The molecule has 6 nitrogen and oxygen atoms in total. The first-order valence-electron chi connectivity index (χ1n) is 8.35. The van der Waals surface area contributed by atoms with Crippen LogP contribution < -0.4 is 5.32 Å². The summed E-state index contributed by atoms with van der Waals surface area (Å²) in [6, 6.07) is -0.146. The van der Waals surface area contributed by atoms with Gasteiger partial charge in [0.05, 0.1) is 24.6 Å². The van der Waals surface area contributed by atoms with E-state index in [1.807, 2.05) is 20.8 Å². The van der Waals surface area contributed by atoms with E-state index in [1.165, 1.54) is 7.11 Å². The van der Waals surface area contributed by atoms with Crippen LogP contribution in [0.2, 0.25) is 0 Å². The first-order chi connectivity index (χ1) is 11.0. The third-order valence-corrected chi connectivity index (χ3v) is 4.86. The van der Waals surface area contributed by atoms with Crippen LogP contribution in [-0.4, -0.2) is 35.2 Å². The highest BCUT2D eigenvalue weighted by Gasteiger charge is 2.33. The number of ether oxygens (including phenoxy) is 1. The Hall–Kier alpha value is -1.85. The van der Waals surface area contributed by atoms with Crippen LogP contribution in [0.4, 0.5) is 0 Å². The fourth-order valence-electron chi connectivity index (χ4n) is 3.55. The molecule has 1 aliphatic rings. The lowest BCUT2D eigenvalue weighted by molar-refractivity contribution is -0.147. The number of aryl methyl sites for hydroxylation is 2. The van der Waals surface area contributed by atoms with E-state index in [4.69, 9.17) is 4.74 Å². The number of carbonyl (C=O) groups is 2. The van der Waals surface area contributed by atoms with Crippen molar-refractivity contribution in [2.24, 2.45) is 5.92 Å². The van der Waals surface area contributed by atoms with E-state index < -0.39 is 0 Å². The molecule has 1 aromatic heterocycles. The molecule has 23 heavy (non-hydrogen) atoms. The Balaban J connectivity index is 2.11. The maximum atomic E-state index is 12.7. The van der Waals surface area contributed by atoms with E-state index in [0.717, 1.165) is 49.1 Å². The number of esters is 1. The van der Waals surface area contributed by atoms with Crippen LogP contribution in [0.5, 0.6) is 0 Å². The Morgan fingerprint density at radius 2 is 1.96 bits per heavy atom. The maximum absolute atomic E-state index is 12.7. The standard InChI is InChI=1S/C17H27N3O3/c1-10(15-11(2)19-20-12(15)3)16(21)18-14-9-7-5-6-8-13(14)17(22)23-4/h10,13-14H,5-9H2,1-4H3,(H,18,21)(H,19,20)/t10-,13+,14-/m0/s1. The summed E-state index contributed by atoms with van der Waals surface area (Å²) >= 11 is 0. The summed E-state index contributed by atoms with van der Waals surface area (Å²) in [5, 5.41) is 10.2. The highest BCUT2D eigenvalue weighted by molar-refractivity contribution is 5.85. The monoisotopic (exact) mass is 321 g/mol. The average Bonchev–Trinajstić information content (AvgIpc) is 2.74. The minimum atomic E-state index is -0.296. The van der Waals surface area contributed by atoms with E-state index >= 15 is 0 Å². The Morgan fingerprint density at radius 1 is 1.26 bits per heavy atom. The molecule has 1 aromatic rings. The van der Waals surface area contributed by atoms with Gasteiger partial charge in [-0.25, -0.2) is 0 Å². The van der Waals surface area contributed by atoms with Crippen LogP contribution in [-0.2, 0) is 14.3 Å². The van der Waals surface area contributed by atoms with Crippen molar-refractivity contribution < 1.29 is 14.3 Å². The molecule has 0 bridgehead atoms. The lowest BCUT2D eigenvalue weighted by Gasteiger charge is -2.25. The Kier molecular flexibility index (Phi) is 5.80. The molecule has 3 atom stereocenters. The number of carbonyl (C=O) groups excluding carboxylic acids is 2.